The average molecular weight is 268 g/mol. The van der Waals surface area contributed by atoms with E-state index in [9.17, 15) is 9.18 Å². The van der Waals surface area contributed by atoms with Crippen LogP contribution in [0.2, 0.25) is 0 Å². The van der Waals surface area contributed by atoms with E-state index in [0.717, 1.165) is 0 Å². The maximum absolute atomic E-state index is 13.5. The third-order valence-corrected chi connectivity index (χ3v) is 3.85. The first kappa shape index (κ1) is 12.8. The summed E-state index contributed by atoms with van der Waals surface area (Å²) in [6.45, 7) is 1.98. The first-order valence-corrected chi connectivity index (χ1v) is 6.29. The van der Waals surface area contributed by atoms with Crippen LogP contribution < -0.4 is 4.90 Å². The molecule has 1 N–H and O–H groups in total. The van der Waals surface area contributed by atoms with E-state index in [1.165, 1.54) is 17.4 Å². The van der Waals surface area contributed by atoms with Gasteiger partial charge in [0.1, 0.15) is 5.82 Å². The largest absolute Gasteiger partial charge is 0.481 e. The third kappa shape index (κ3) is 2.43. The zero-order valence-corrected chi connectivity index (χ0v) is 10.9. The van der Waals surface area contributed by atoms with Crippen LogP contribution in [0, 0.1) is 11.7 Å². The van der Waals surface area contributed by atoms with Crippen LogP contribution in [0.5, 0.6) is 0 Å². The van der Waals surface area contributed by atoms with Crippen molar-refractivity contribution < 1.29 is 14.3 Å². The molecule has 0 radical (unpaired) electrons. The molecule has 1 aromatic heterocycles. The molecule has 4 nitrogen and oxygen atoms in total. The summed E-state index contributed by atoms with van der Waals surface area (Å²) in [6, 6.07) is 4.75. The smallest absolute Gasteiger partial charge is 0.308 e. The van der Waals surface area contributed by atoms with Gasteiger partial charge in [0.2, 0.25) is 0 Å². The summed E-state index contributed by atoms with van der Waals surface area (Å²) in [5.74, 6) is -1.64. The molecule has 96 valence electrons. The molecular weight excluding hydrogens is 255 g/mol. The van der Waals surface area contributed by atoms with Crippen molar-refractivity contribution in [2.45, 2.75) is 6.92 Å². The number of carbonyl (C=O) groups is 1. The molecule has 0 aliphatic carbocycles. The normalized spacial score (nSPS) is 12.6. The van der Waals surface area contributed by atoms with Crippen LogP contribution in [-0.4, -0.2) is 29.7 Å². The lowest BCUT2D eigenvalue weighted by Crippen LogP contribution is -2.28. The molecule has 2 aromatic rings. The molecule has 0 saturated heterocycles. The van der Waals surface area contributed by atoms with Gasteiger partial charge in [0, 0.05) is 13.6 Å². The van der Waals surface area contributed by atoms with Gasteiger partial charge in [0.05, 0.1) is 16.1 Å². The van der Waals surface area contributed by atoms with Crippen molar-refractivity contribution in [1.82, 2.24) is 4.98 Å². The molecule has 0 aliphatic rings. The number of fused-ring (bicyclic) bond motifs is 1. The number of carboxylic acid groups (broad SMARTS) is 1. The number of aromatic nitrogens is 1. The fraction of sp³-hybridized carbons (Fsp3) is 0.333. The maximum atomic E-state index is 13.5. The lowest BCUT2D eigenvalue weighted by atomic mass is 10.2. The summed E-state index contributed by atoms with van der Waals surface area (Å²) >= 11 is 1.23. The summed E-state index contributed by atoms with van der Waals surface area (Å²) < 4.78 is 14.0. The first-order valence-electron chi connectivity index (χ1n) is 5.48. The number of hydrogen-bond donors (Lipinski definition) is 1. The van der Waals surface area contributed by atoms with Gasteiger partial charge in [-0.15, -0.1) is 0 Å². The fourth-order valence-electron chi connectivity index (χ4n) is 1.63. The Hall–Kier alpha value is -1.69. The quantitative estimate of drug-likeness (QED) is 0.926. The number of halogens is 1. The Labute approximate surface area is 108 Å². The van der Waals surface area contributed by atoms with Crippen LogP contribution in [0.4, 0.5) is 9.52 Å². The highest BCUT2D eigenvalue weighted by molar-refractivity contribution is 7.22. The number of nitrogens with zero attached hydrogens (tertiary/aromatic N) is 2. The summed E-state index contributed by atoms with van der Waals surface area (Å²) in [6.07, 6.45) is 0. The zero-order chi connectivity index (χ0) is 13.3. The van der Waals surface area contributed by atoms with Crippen LogP contribution in [0.3, 0.4) is 0 Å². The Balaban J connectivity index is 2.26. The van der Waals surface area contributed by atoms with E-state index in [2.05, 4.69) is 4.98 Å². The van der Waals surface area contributed by atoms with Crippen LogP contribution in [0.1, 0.15) is 6.92 Å². The third-order valence-electron chi connectivity index (χ3n) is 2.65. The van der Waals surface area contributed by atoms with Crippen LogP contribution in [-0.2, 0) is 4.79 Å². The molecular formula is C12H13FN2O2S. The molecule has 0 amide bonds. The van der Waals surface area contributed by atoms with E-state index in [1.54, 1.807) is 31.0 Å². The minimum Gasteiger partial charge on any atom is -0.481 e. The number of hydrogen-bond acceptors (Lipinski definition) is 4. The molecule has 0 bridgehead atoms. The van der Waals surface area contributed by atoms with Crippen molar-refractivity contribution in [3.8, 4) is 0 Å². The van der Waals surface area contributed by atoms with Crippen LogP contribution >= 0.6 is 11.3 Å². The Morgan fingerprint density at radius 1 is 1.61 bits per heavy atom. The van der Waals surface area contributed by atoms with Gasteiger partial charge >= 0.3 is 5.97 Å². The molecule has 0 spiro atoms. The van der Waals surface area contributed by atoms with E-state index >= 15 is 0 Å². The molecule has 1 aromatic carbocycles. The minimum atomic E-state index is -0.853. The van der Waals surface area contributed by atoms with Crippen molar-refractivity contribution in [3.05, 3.63) is 24.0 Å². The predicted molar refractivity (Wildman–Crippen MR) is 69.6 cm³/mol. The van der Waals surface area contributed by atoms with Crippen molar-refractivity contribution in [3.63, 3.8) is 0 Å². The Morgan fingerprint density at radius 3 is 2.94 bits per heavy atom. The maximum Gasteiger partial charge on any atom is 0.308 e. The number of benzene rings is 1. The number of anilines is 1. The molecule has 2 rings (SSSR count). The van der Waals surface area contributed by atoms with Crippen molar-refractivity contribution in [2.75, 3.05) is 18.5 Å². The summed E-state index contributed by atoms with van der Waals surface area (Å²) in [4.78, 5) is 16.8. The topological polar surface area (TPSA) is 53.4 Å². The van der Waals surface area contributed by atoms with E-state index in [0.29, 0.717) is 21.9 Å². The van der Waals surface area contributed by atoms with Gasteiger partial charge in [0.15, 0.2) is 5.13 Å². The van der Waals surface area contributed by atoms with E-state index < -0.39 is 11.9 Å². The van der Waals surface area contributed by atoms with Crippen LogP contribution in [0.15, 0.2) is 18.2 Å². The van der Waals surface area contributed by atoms with Gasteiger partial charge in [-0.05, 0) is 12.1 Å². The second-order valence-corrected chi connectivity index (χ2v) is 5.18. The Bertz CT molecular complexity index is 584. The molecule has 1 heterocycles. The Morgan fingerprint density at radius 2 is 2.33 bits per heavy atom. The summed E-state index contributed by atoms with van der Waals surface area (Å²) in [7, 11) is 1.76. The molecule has 6 heteroatoms. The number of rotatable bonds is 4. The molecule has 0 aliphatic heterocycles. The highest BCUT2D eigenvalue weighted by Gasteiger charge is 2.17. The summed E-state index contributed by atoms with van der Waals surface area (Å²) in [5, 5.41) is 9.49. The van der Waals surface area contributed by atoms with E-state index in [-0.39, 0.29) is 5.82 Å². The Kier molecular flexibility index (Phi) is 3.47. The molecule has 18 heavy (non-hydrogen) atoms. The molecule has 1 atom stereocenters. The molecule has 0 saturated carbocycles. The van der Waals surface area contributed by atoms with Gasteiger partial charge in [-0.25, -0.2) is 9.37 Å². The van der Waals surface area contributed by atoms with Crippen molar-refractivity contribution >= 4 is 32.7 Å². The zero-order valence-electron chi connectivity index (χ0n) is 10.1. The monoisotopic (exact) mass is 268 g/mol. The number of aliphatic carboxylic acids is 1. The lowest BCUT2D eigenvalue weighted by molar-refractivity contribution is -0.140. The highest BCUT2D eigenvalue weighted by Crippen LogP contribution is 2.30. The highest BCUT2D eigenvalue weighted by atomic mass is 32.1. The average Bonchev–Trinajstić information content (AvgIpc) is 2.74. The van der Waals surface area contributed by atoms with E-state index in [1.807, 2.05) is 0 Å². The van der Waals surface area contributed by atoms with E-state index in [4.69, 9.17) is 5.11 Å². The standard InChI is InChI=1S/C12H13FN2O2S/c1-7(11(16)17)6-15(2)12-14-9-5-3-4-8(13)10(9)18-12/h3-5,7H,6H2,1-2H3,(H,16,17). The van der Waals surface area contributed by atoms with Gasteiger partial charge in [-0.3, -0.25) is 4.79 Å². The predicted octanol–water partition coefficient (Wildman–Crippen LogP) is 2.59. The van der Waals surface area contributed by atoms with Crippen molar-refractivity contribution in [2.24, 2.45) is 5.92 Å². The summed E-state index contributed by atoms with van der Waals surface area (Å²) in [5.41, 5.74) is 0.602. The minimum absolute atomic E-state index is 0.295. The second kappa shape index (κ2) is 4.89. The fourth-order valence-corrected chi connectivity index (χ4v) is 2.57. The SMILES string of the molecule is CC(CN(C)c1nc2cccc(F)c2s1)C(=O)O. The molecule has 0 fully saturated rings. The van der Waals surface area contributed by atoms with Gasteiger partial charge in [-0.1, -0.05) is 24.3 Å². The van der Waals surface area contributed by atoms with Crippen molar-refractivity contribution in [1.29, 1.82) is 0 Å². The lowest BCUT2D eigenvalue weighted by Gasteiger charge is -2.17. The van der Waals surface area contributed by atoms with Gasteiger partial charge in [-0.2, -0.15) is 0 Å². The number of carboxylic acids is 1. The second-order valence-electron chi connectivity index (χ2n) is 4.20. The molecule has 1 unspecified atom stereocenters. The number of thiazole rings is 1. The van der Waals surface area contributed by atoms with Gasteiger partial charge in [0.25, 0.3) is 0 Å². The van der Waals surface area contributed by atoms with Gasteiger partial charge < -0.3 is 10.0 Å². The first-order chi connectivity index (χ1) is 8.49. The van der Waals surface area contributed by atoms with Crippen LogP contribution in [0.25, 0.3) is 10.2 Å².